The molecule has 0 spiro atoms. The van der Waals surface area contributed by atoms with Crippen molar-refractivity contribution in [1.82, 2.24) is 9.97 Å². The van der Waals surface area contributed by atoms with Crippen LogP contribution >= 0.6 is 22.6 Å². The molecule has 0 radical (unpaired) electrons. The highest BCUT2D eigenvalue weighted by Crippen LogP contribution is 2.18. The molecule has 1 amide bonds. The minimum absolute atomic E-state index is 0.129. The number of aromatic nitrogens is 2. The number of benzene rings is 1. The highest BCUT2D eigenvalue weighted by molar-refractivity contribution is 14.1. The molecule has 20 heavy (non-hydrogen) atoms. The summed E-state index contributed by atoms with van der Waals surface area (Å²) in [4.78, 5) is 20.1. The summed E-state index contributed by atoms with van der Waals surface area (Å²) in [7, 11) is 2.96. The largest absolute Gasteiger partial charge is 0.481 e. The van der Waals surface area contributed by atoms with Gasteiger partial charge in [-0.15, -0.1) is 0 Å². The number of anilines is 1. The van der Waals surface area contributed by atoms with Crippen LogP contribution in [0.25, 0.3) is 0 Å². The van der Waals surface area contributed by atoms with Gasteiger partial charge in [0.25, 0.3) is 5.91 Å². The van der Waals surface area contributed by atoms with Crippen LogP contribution in [0.2, 0.25) is 0 Å². The Balaban J connectivity index is 2.20. The van der Waals surface area contributed by atoms with Crippen molar-refractivity contribution in [2.75, 3.05) is 19.5 Å². The SMILES string of the molecule is COc1cc(OC)nc(NC(=O)c2ccc(I)cc2)n1. The smallest absolute Gasteiger partial charge is 0.258 e. The standard InChI is InChI=1S/C13H12IN3O3/c1-19-10-7-11(20-2)16-13(15-10)17-12(18)8-3-5-9(14)6-4-8/h3-7H,1-2H3,(H,15,16,17,18). The number of hydrogen-bond acceptors (Lipinski definition) is 5. The molecule has 1 aromatic carbocycles. The summed E-state index contributed by atoms with van der Waals surface area (Å²) < 4.78 is 11.1. The van der Waals surface area contributed by atoms with E-state index in [1.165, 1.54) is 20.3 Å². The van der Waals surface area contributed by atoms with Crippen molar-refractivity contribution in [1.29, 1.82) is 0 Å². The van der Waals surface area contributed by atoms with Gasteiger partial charge < -0.3 is 9.47 Å². The van der Waals surface area contributed by atoms with Gasteiger partial charge in [-0.2, -0.15) is 9.97 Å². The fraction of sp³-hybridized carbons (Fsp3) is 0.154. The highest BCUT2D eigenvalue weighted by atomic mass is 127. The summed E-state index contributed by atoms with van der Waals surface area (Å²) in [5.41, 5.74) is 0.524. The van der Waals surface area contributed by atoms with Crippen LogP contribution in [0.3, 0.4) is 0 Å². The van der Waals surface area contributed by atoms with Crippen molar-refractivity contribution in [3.63, 3.8) is 0 Å². The Morgan fingerprint density at radius 2 is 1.65 bits per heavy atom. The van der Waals surface area contributed by atoms with Crippen LogP contribution in [0.1, 0.15) is 10.4 Å². The molecular weight excluding hydrogens is 373 g/mol. The summed E-state index contributed by atoms with van der Waals surface area (Å²) in [6.45, 7) is 0. The number of halogens is 1. The molecule has 0 saturated heterocycles. The fourth-order valence-electron chi connectivity index (χ4n) is 1.44. The topological polar surface area (TPSA) is 73.3 Å². The summed E-state index contributed by atoms with van der Waals surface area (Å²) in [5, 5.41) is 2.60. The monoisotopic (exact) mass is 385 g/mol. The van der Waals surface area contributed by atoms with E-state index in [1.807, 2.05) is 12.1 Å². The van der Waals surface area contributed by atoms with Crippen molar-refractivity contribution in [3.05, 3.63) is 39.5 Å². The first-order valence-corrected chi connectivity index (χ1v) is 6.74. The van der Waals surface area contributed by atoms with Crippen molar-refractivity contribution in [3.8, 4) is 11.8 Å². The number of nitrogens with one attached hydrogen (secondary N) is 1. The first-order valence-electron chi connectivity index (χ1n) is 5.66. The number of nitrogens with zero attached hydrogens (tertiary/aromatic N) is 2. The van der Waals surface area contributed by atoms with Crippen LogP contribution in [0, 0.1) is 3.57 Å². The molecule has 0 fully saturated rings. The molecular formula is C13H12IN3O3. The number of amides is 1. The predicted octanol–water partition coefficient (Wildman–Crippen LogP) is 2.35. The van der Waals surface area contributed by atoms with Crippen molar-refractivity contribution >= 4 is 34.4 Å². The molecule has 1 aromatic heterocycles. The zero-order valence-electron chi connectivity index (χ0n) is 10.9. The second-order valence-electron chi connectivity index (χ2n) is 3.74. The Morgan fingerprint density at radius 1 is 1.10 bits per heavy atom. The van der Waals surface area contributed by atoms with Crippen LogP contribution in [0.15, 0.2) is 30.3 Å². The molecule has 2 rings (SSSR count). The molecule has 2 aromatic rings. The molecule has 0 aliphatic heterocycles. The van der Waals surface area contributed by atoms with Gasteiger partial charge in [0.05, 0.1) is 20.3 Å². The van der Waals surface area contributed by atoms with E-state index < -0.39 is 0 Å². The lowest BCUT2D eigenvalue weighted by Crippen LogP contribution is -2.14. The van der Waals surface area contributed by atoms with Crippen LogP contribution in [-0.2, 0) is 0 Å². The number of methoxy groups -OCH3 is 2. The molecule has 1 heterocycles. The first kappa shape index (κ1) is 14.5. The lowest BCUT2D eigenvalue weighted by atomic mass is 10.2. The van der Waals surface area contributed by atoms with Gasteiger partial charge in [0.2, 0.25) is 17.7 Å². The van der Waals surface area contributed by atoms with E-state index in [0.717, 1.165) is 3.57 Å². The maximum atomic E-state index is 12.0. The molecule has 104 valence electrons. The van der Waals surface area contributed by atoms with E-state index in [1.54, 1.807) is 12.1 Å². The first-order chi connectivity index (χ1) is 9.62. The van der Waals surface area contributed by atoms with Crippen LogP contribution in [0.4, 0.5) is 5.95 Å². The quantitative estimate of drug-likeness (QED) is 0.819. The Morgan fingerprint density at radius 3 is 2.15 bits per heavy atom. The van der Waals surface area contributed by atoms with E-state index >= 15 is 0 Å². The Labute approximate surface area is 129 Å². The number of ether oxygens (including phenoxy) is 2. The predicted molar refractivity (Wildman–Crippen MR) is 82.2 cm³/mol. The van der Waals surface area contributed by atoms with E-state index in [9.17, 15) is 4.79 Å². The third-order valence-electron chi connectivity index (χ3n) is 2.43. The second-order valence-corrected chi connectivity index (χ2v) is 4.98. The van der Waals surface area contributed by atoms with Gasteiger partial charge in [0.15, 0.2) is 0 Å². The van der Waals surface area contributed by atoms with Gasteiger partial charge in [-0.25, -0.2) is 0 Å². The van der Waals surface area contributed by atoms with E-state index in [-0.39, 0.29) is 11.9 Å². The second kappa shape index (κ2) is 6.51. The zero-order chi connectivity index (χ0) is 14.5. The third kappa shape index (κ3) is 3.56. The van der Waals surface area contributed by atoms with E-state index in [2.05, 4.69) is 37.9 Å². The van der Waals surface area contributed by atoms with Crippen LogP contribution < -0.4 is 14.8 Å². The number of rotatable bonds is 4. The van der Waals surface area contributed by atoms with Gasteiger partial charge in [-0.3, -0.25) is 10.1 Å². The Hall–Kier alpha value is -1.90. The molecule has 0 aliphatic rings. The van der Waals surface area contributed by atoms with Gasteiger partial charge in [0.1, 0.15) is 0 Å². The summed E-state index contributed by atoms with van der Waals surface area (Å²) in [6.07, 6.45) is 0. The van der Waals surface area contributed by atoms with Gasteiger partial charge in [-0.05, 0) is 46.9 Å². The maximum Gasteiger partial charge on any atom is 0.258 e. The van der Waals surface area contributed by atoms with E-state index in [0.29, 0.717) is 17.3 Å². The number of carbonyl (C=O) groups is 1. The molecule has 0 aliphatic carbocycles. The molecule has 1 N–H and O–H groups in total. The molecule has 6 nitrogen and oxygen atoms in total. The number of hydrogen-bond donors (Lipinski definition) is 1. The Bertz CT molecular complexity index is 595. The van der Waals surface area contributed by atoms with Gasteiger partial charge in [0, 0.05) is 9.13 Å². The molecule has 0 saturated carbocycles. The van der Waals surface area contributed by atoms with Crippen LogP contribution in [0.5, 0.6) is 11.8 Å². The average Bonchev–Trinajstić information content (AvgIpc) is 2.47. The van der Waals surface area contributed by atoms with Crippen molar-refractivity contribution in [2.24, 2.45) is 0 Å². The molecule has 0 unspecified atom stereocenters. The van der Waals surface area contributed by atoms with Gasteiger partial charge in [-0.1, -0.05) is 0 Å². The summed E-state index contributed by atoms with van der Waals surface area (Å²) in [5.74, 6) is 0.464. The minimum atomic E-state index is -0.295. The molecule has 0 atom stereocenters. The maximum absolute atomic E-state index is 12.0. The highest BCUT2D eigenvalue weighted by Gasteiger charge is 2.10. The Kier molecular flexibility index (Phi) is 4.72. The van der Waals surface area contributed by atoms with Crippen molar-refractivity contribution in [2.45, 2.75) is 0 Å². The summed E-state index contributed by atoms with van der Waals surface area (Å²) >= 11 is 2.17. The third-order valence-corrected chi connectivity index (χ3v) is 3.15. The summed E-state index contributed by atoms with van der Waals surface area (Å²) in [6, 6.07) is 8.69. The van der Waals surface area contributed by atoms with E-state index in [4.69, 9.17) is 9.47 Å². The molecule has 7 heteroatoms. The molecule has 0 bridgehead atoms. The fourth-order valence-corrected chi connectivity index (χ4v) is 1.80. The zero-order valence-corrected chi connectivity index (χ0v) is 13.0. The number of carbonyl (C=O) groups excluding carboxylic acids is 1. The van der Waals surface area contributed by atoms with Crippen LogP contribution in [-0.4, -0.2) is 30.1 Å². The average molecular weight is 385 g/mol. The minimum Gasteiger partial charge on any atom is -0.481 e. The lowest BCUT2D eigenvalue weighted by molar-refractivity contribution is 0.102. The van der Waals surface area contributed by atoms with Gasteiger partial charge >= 0.3 is 0 Å². The lowest BCUT2D eigenvalue weighted by Gasteiger charge is -2.07. The van der Waals surface area contributed by atoms with Crippen molar-refractivity contribution < 1.29 is 14.3 Å². The normalized spacial score (nSPS) is 9.95.